The molecule has 4 nitrogen and oxygen atoms in total. The highest BCUT2D eigenvalue weighted by molar-refractivity contribution is 6.14. The number of ketones is 2. The van der Waals surface area contributed by atoms with Crippen LogP contribution in [0.5, 0.6) is 0 Å². The Labute approximate surface area is 147 Å². The number of hydrogen-bond donors (Lipinski definition) is 1. The third-order valence-corrected chi connectivity index (χ3v) is 5.24. The molecular weight excluding hydrogens is 314 g/mol. The predicted molar refractivity (Wildman–Crippen MR) is 98.4 cm³/mol. The first-order valence-corrected chi connectivity index (χ1v) is 8.91. The van der Waals surface area contributed by atoms with Gasteiger partial charge in [0.05, 0.1) is 0 Å². The molecule has 0 spiro atoms. The molecule has 2 aromatic rings. The Balaban J connectivity index is 1.88. The SMILES string of the molecule is CCC(=O)CC[C@@]1(C(=O)Nc2cccc3ccccc23)CCCC1=O. The van der Waals surface area contributed by atoms with Crippen LogP contribution in [0.15, 0.2) is 42.5 Å². The number of anilines is 1. The zero-order chi connectivity index (χ0) is 17.9. The molecule has 3 rings (SSSR count). The quantitative estimate of drug-likeness (QED) is 0.800. The highest BCUT2D eigenvalue weighted by Crippen LogP contribution is 2.40. The number of hydrogen-bond acceptors (Lipinski definition) is 3. The van der Waals surface area contributed by atoms with Crippen LogP contribution < -0.4 is 5.32 Å². The molecular formula is C21H23NO3. The summed E-state index contributed by atoms with van der Waals surface area (Å²) in [5, 5.41) is 4.95. The van der Waals surface area contributed by atoms with Crippen LogP contribution in [-0.4, -0.2) is 17.5 Å². The molecule has 4 heteroatoms. The summed E-state index contributed by atoms with van der Waals surface area (Å²) < 4.78 is 0. The molecule has 0 aromatic heterocycles. The summed E-state index contributed by atoms with van der Waals surface area (Å²) in [5.41, 5.74) is -0.342. The van der Waals surface area contributed by atoms with Crippen molar-refractivity contribution < 1.29 is 14.4 Å². The average molecular weight is 337 g/mol. The van der Waals surface area contributed by atoms with Crippen molar-refractivity contribution in [3.05, 3.63) is 42.5 Å². The number of carbonyl (C=O) groups is 3. The molecule has 1 amide bonds. The lowest BCUT2D eigenvalue weighted by molar-refractivity contribution is -0.137. The van der Waals surface area contributed by atoms with Crippen molar-refractivity contribution in [1.29, 1.82) is 0 Å². The topological polar surface area (TPSA) is 63.2 Å². The Morgan fingerprint density at radius 3 is 2.60 bits per heavy atom. The number of nitrogens with one attached hydrogen (secondary N) is 1. The molecule has 1 fully saturated rings. The third-order valence-electron chi connectivity index (χ3n) is 5.24. The van der Waals surface area contributed by atoms with Crippen molar-refractivity contribution in [1.82, 2.24) is 0 Å². The molecule has 25 heavy (non-hydrogen) atoms. The lowest BCUT2D eigenvalue weighted by Gasteiger charge is -2.26. The zero-order valence-electron chi connectivity index (χ0n) is 14.5. The van der Waals surface area contributed by atoms with Gasteiger partial charge in [0.25, 0.3) is 0 Å². The monoisotopic (exact) mass is 337 g/mol. The summed E-state index contributed by atoms with van der Waals surface area (Å²) in [6.45, 7) is 1.81. The van der Waals surface area contributed by atoms with Crippen LogP contribution in [0.25, 0.3) is 10.8 Å². The smallest absolute Gasteiger partial charge is 0.238 e. The van der Waals surface area contributed by atoms with Gasteiger partial charge < -0.3 is 5.32 Å². The second-order valence-electron chi connectivity index (χ2n) is 6.73. The van der Waals surface area contributed by atoms with Crippen LogP contribution in [0.1, 0.15) is 45.4 Å². The second-order valence-corrected chi connectivity index (χ2v) is 6.73. The van der Waals surface area contributed by atoms with Crippen LogP contribution in [-0.2, 0) is 14.4 Å². The van der Waals surface area contributed by atoms with Crippen LogP contribution in [0.2, 0.25) is 0 Å². The fraction of sp³-hybridized carbons (Fsp3) is 0.381. The van der Waals surface area contributed by atoms with Crippen molar-refractivity contribution >= 4 is 33.9 Å². The van der Waals surface area contributed by atoms with Gasteiger partial charge in [-0.15, -0.1) is 0 Å². The van der Waals surface area contributed by atoms with E-state index in [9.17, 15) is 14.4 Å². The van der Waals surface area contributed by atoms with Crippen molar-refractivity contribution in [3.63, 3.8) is 0 Å². The molecule has 0 heterocycles. The van der Waals surface area contributed by atoms with Crippen LogP contribution >= 0.6 is 0 Å². The third kappa shape index (κ3) is 3.34. The predicted octanol–water partition coefficient (Wildman–Crippen LogP) is 4.28. The molecule has 1 saturated carbocycles. The Morgan fingerprint density at radius 1 is 1.12 bits per heavy atom. The van der Waals surface area contributed by atoms with Gasteiger partial charge >= 0.3 is 0 Å². The second kappa shape index (κ2) is 7.18. The first-order chi connectivity index (χ1) is 12.1. The van der Waals surface area contributed by atoms with Crippen LogP contribution in [0, 0.1) is 5.41 Å². The molecule has 0 bridgehead atoms. The number of amides is 1. The maximum Gasteiger partial charge on any atom is 0.238 e. The van der Waals surface area contributed by atoms with Gasteiger partial charge in [0.1, 0.15) is 17.0 Å². The van der Waals surface area contributed by atoms with Gasteiger partial charge in [0.2, 0.25) is 5.91 Å². The molecule has 0 saturated heterocycles. The van der Waals surface area contributed by atoms with Crippen molar-refractivity contribution in [3.8, 4) is 0 Å². The van der Waals surface area contributed by atoms with Gasteiger partial charge in [0.15, 0.2) is 0 Å². The van der Waals surface area contributed by atoms with E-state index in [2.05, 4.69) is 5.32 Å². The fourth-order valence-corrected chi connectivity index (χ4v) is 3.65. The molecule has 0 aliphatic heterocycles. The highest BCUT2D eigenvalue weighted by Gasteiger charge is 2.48. The van der Waals surface area contributed by atoms with Gasteiger partial charge in [-0.05, 0) is 30.7 Å². The standard InChI is InChI=1S/C21H23NO3/c1-2-16(23)12-14-21(13-6-11-19(21)24)20(25)22-18-10-5-8-15-7-3-4-9-17(15)18/h3-5,7-10H,2,6,11-14H2,1H3,(H,22,25)/t21-/m0/s1. The molecule has 1 atom stereocenters. The Morgan fingerprint density at radius 2 is 1.88 bits per heavy atom. The van der Waals surface area contributed by atoms with E-state index in [0.29, 0.717) is 37.8 Å². The average Bonchev–Trinajstić information content (AvgIpc) is 3.01. The number of fused-ring (bicyclic) bond motifs is 1. The Bertz CT molecular complexity index is 822. The zero-order valence-corrected chi connectivity index (χ0v) is 14.5. The van der Waals surface area contributed by atoms with Gasteiger partial charge in [-0.3, -0.25) is 14.4 Å². The van der Waals surface area contributed by atoms with E-state index >= 15 is 0 Å². The molecule has 0 radical (unpaired) electrons. The van der Waals surface area contributed by atoms with Crippen LogP contribution in [0.3, 0.4) is 0 Å². The highest BCUT2D eigenvalue weighted by atomic mass is 16.2. The fourth-order valence-electron chi connectivity index (χ4n) is 3.65. The molecule has 2 aromatic carbocycles. The lowest BCUT2D eigenvalue weighted by atomic mass is 9.78. The lowest BCUT2D eigenvalue weighted by Crippen LogP contribution is -2.40. The van der Waals surface area contributed by atoms with Crippen LogP contribution in [0.4, 0.5) is 5.69 Å². The number of Topliss-reactive ketones (excluding diaryl/α,β-unsaturated/α-hetero) is 2. The summed E-state index contributed by atoms with van der Waals surface area (Å²) in [6.07, 6.45) is 2.69. The first-order valence-electron chi connectivity index (χ1n) is 8.91. The molecule has 130 valence electrons. The van der Waals surface area contributed by atoms with Gasteiger partial charge in [0, 0.05) is 30.3 Å². The molecule has 1 aliphatic carbocycles. The number of carbonyl (C=O) groups excluding carboxylic acids is 3. The van der Waals surface area contributed by atoms with Crippen molar-refractivity contribution in [2.24, 2.45) is 5.41 Å². The summed E-state index contributed by atoms with van der Waals surface area (Å²) in [6, 6.07) is 13.5. The number of benzene rings is 2. The number of rotatable bonds is 6. The largest absolute Gasteiger partial charge is 0.325 e. The van der Waals surface area contributed by atoms with E-state index < -0.39 is 5.41 Å². The maximum atomic E-state index is 13.0. The summed E-state index contributed by atoms with van der Waals surface area (Å²) in [4.78, 5) is 37.3. The molecule has 0 unspecified atom stereocenters. The summed E-state index contributed by atoms with van der Waals surface area (Å²) in [7, 11) is 0. The van der Waals surface area contributed by atoms with Crippen molar-refractivity contribution in [2.45, 2.75) is 45.4 Å². The van der Waals surface area contributed by atoms with Gasteiger partial charge in [-0.2, -0.15) is 0 Å². The first kappa shape index (κ1) is 17.3. The minimum Gasteiger partial charge on any atom is -0.325 e. The van der Waals surface area contributed by atoms with E-state index in [1.54, 1.807) is 0 Å². The van der Waals surface area contributed by atoms with Gasteiger partial charge in [-0.25, -0.2) is 0 Å². The van der Waals surface area contributed by atoms with E-state index in [0.717, 1.165) is 10.8 Å². The van der Waals surface area contributed by atoms with E-state index in [-0.39, 0.29) is 23.9 Å². The van der Waals surface area contributed by atoms with Gasteiger partial charge in [-0.1, -0.05) is 43.3 Å². The Hall–Kier alpha value is -2.49. The summed E-state index contributed by atoms with van der Waals surface area (Å²) >= 11 is 0. The Kier molecular flexibility index (Phi) is 4.98. The molecule has 1 N–H and O–H groups in total. The normalized spacial score (nSPS) is 20.0. The van der Waals surface area contributed by atoms with E-state index in [1.807, 2.05) is 49.4 Å². The maximum absolute atomic E-state index is 13.0. The minimum atomic E-state index is -1.05. The molecule has 1 aliphatic rings. The minimum absolute atomic E-state index is 0.0332. The van der Waals surface area contributed by atoms with Crippen molar-refractivity contribution in [2.75, 3.05) is 5.32 Å². The van der Waals surface area contributed by atoms with E-state index in [1.165, 1.54) is 0 Å². The summed E-state index contributed by atoms with van der Waals surface area (Å²) in [5.74, 6) is -0.207. The van der Waals surface area contributed by atoms with E-state index in [4.69, 9.17) is 0 Å².